The highest BCUT2D eigenvalue weighted by atomic mass is 79.9. The molecule has 0 bridgehead atoms. The Kier molecular flexibility index (Phi) is 20.3. The summed E-state index contributed by atoms with van der Waals surface area (Å²) < 4.78 is 28.2. The van der Waals surface area contributed by atoms with E-state index in [0.717, 1.165) is 76.9 Å². The van der Waals surface area contributed by atoms with Crippen LogP contribution in [-0.4, -0.2) is 7.32 Å². The molecule has 10 heteroatoms. The molecule has 0 atom stereocenters. The van der Waals surface area contributed by atoms with Gasteiger partial charge in [-0.25, -0.2) is 0 Å². The molecule has 3 nitrogen and oxygen atoms in total. The smallest absolute Gasteiger partial charge is 0.382 e. The first kappa shape index (κ1) is 65.3. The number of benzene rings is 9. The Morgan fingerprint density at radius 2 is 0.435 bits per heavy atom. The second kappa shape index (κ2) is 26.5. The van der Waals surface area contributed by atoms with Crippen LogP contribution in [0, 0.1) is 125 Å². The summed E-state index contributed by atoms with van der Waals surface area (Å²) in [5, 5.41) is 0. The van der Waals surface area contributed by atoms with Crippen LogP contribution in [0.25, 0.3) is 66.8 Å². The number of halogens is 6. The van der Waals surface area contributed by atoms with Gasteiger partial charge in [-0.05, 0) is 326 Å². The highest BCUT2D eigenvalue weighted by Crippen LogP contribution is 2.46. The number of aryl methyl sites for hydroxylation is 12. The van der Waals surface area contributed by atoms with E-state index in [4.69, 9.17) is 14.0 Å². The van der Waals surface area contributed by atoms with Gasteiger partial charge in [0, 0.05) is 26.8 Å². The molecular weight excluding hydrogens is 1440 g/mol. The van der Waals surface area contributed by atoms with Gasteiger partial charge in [0.1, 0.15) is 0 Å². The van der Waals surface area contributed by atoms with Crippen molar-refractivity contribution < 1.29 is 14.0 Å². The van der Waals surface area contributed by atoms with Gasteiger partial charge in [-0.2, -0.15) is 0 Å². The summed E-state index contributed by atoms with van der Waals surface area (Å²) in [4.78, 5) is 0. The molecule has 0 N–H and O–H groups in total. The minimum Gasteiger partial charge on any atom is -0.382 e. The summed E-state index contributed by atoms with van der Waals surface area (Å²) in [6, 6.07) is 34.1. The van der Waals surface area contributed by atoms with Crippen molar-refractivity contribution in [3.8, 4) is 66.8 Å². The normalized spacial score (nSPS) is 11.6. The molecule has 0 heterocycles. The molecule has 0 amide bonds. The lowest BCUT2D eigenvalue weighted by Crippen LogP contribution is -2.27. The third kappa shape index (κ3) is 12.9. The van der Waals surface area contributed by atoms with Crippen LogP contribution in [0.4, 0.5) is 0 Å². The predicted octanol–water partition coefficient (Wildman–Crippen LogP) is 24.8. The third-order valence-electron chi connectivity index (χ3n) is 17.4. The van der Waals surface area contributed by atoms with Crippen LogP contribution in [0.5, 0.6) is 0 Å². The van der Waals surface area contributed by atoms with Gasteiger partial charge in [-0.15, -0.1) is 0 Å². The Hall–Kier alpha value is -4.20. The molecule has 9 aromatic rings. The van der Waals surface area contributed by atoms with Crippen LogP contribution in [0.1, 0.15) is 117 Å². The van der Waals surface area contributed by atoms with Crippen LogP contribution in [0.15, 0.2) is 118 Å². The molecule has 9 aromatic carbocycles. The molecule has 0 fully saturated rings. The van der Waals surface area contributed by atoms with Gasteiger partial charge < -0.3 is 14.0 Å². The first-order chi connectivity index (χ1) is 40.1. The van der Waals surface area contributed by atoms with Crippen molar-refractivity contribution in [2.75, 3.05) is 0 Å². The standard InChI is InChI=1S/C75H75BBr6O3/c1-37-25-43(7)70(77)49(13)64(37)55-19-22-58(61(31-55)67-40(4)28-46(10)73(80)52(67)16)34-83-76(84-35-59-23-20-56(65-38(2)26-44(8)71(78)50(65)14)32-62(59)68-41(5)29-47(11)74(81)53(68)17)85-36-60-24-21-57(66-39(3)27-45(9)72(79)51(66)15)33-63(60)69-42(6)30-48(12)75(82)54(69)18/h19-33H,34-36H2,1-18H3. The van der Waals surface area contributed by atoms with Gasteiger partial charge in [-0.3, -0.25) is 0 Å². The van der Waals surface area contributed by atoms with Crippen LogP contribution in [-0.2, 0) is 33.8 Å². The topological polar surface area (TPSA) is 27.7 Å². The maximum atomic E-state index is 7.16. The van der Waals surface area contributed by atoms with Crippen molar-refractivity contribution in [3.63, 3.8) is 0 Å². The van der Waals surface area contributed by atoms with Crippen molar-refractivity contribution in [1.29, 1.82) is 0 Å². The second-order valence-electron chi connectivity index (χ2n) is 23.8. The van der Waals surface area contributed by atoms with Crippen LogP contribution in [0.2, 0.25) is 0 Å². The van der Waals surface area contributed by atoms with E-state index in [-0.39, 0.29) is 19.8 Å². The molecule has 438 valence electrons. The fraction of sp³-hybridized carbons (Fsp3) is 0.280. The van der Waals surface area contributed by atoms with Crippen molar-refractivity contribution in [2.24, 2.45) is 0 Å². The van der Waals surface area contributed by atoms with Gasteiger partial charge in [0.05, 0.1) is 19.8 Å². The van der Waals surface area contributed by atoms with E-state index in [9.17, 15) is 0 Å². The van der Waals surface area contributed by atoms with Crippen molar-refractivity contribution >= 4 is 103 Å². The quantitative estimate of drug-likeness (QED) is 0.0958. The fourth-order valence-electron chi connectivity index (χ4n) is 13.4. The van der Waals surface area contributed by atoms with Gasteiger partial charge in [0.2, 0.25) is 0 Å². The average Bonchev–Trinajstić information content (AvgIpc) is 1.85. The van der Waals surface area contributed by atoms with E-state index >= 15 is 0 Å². The predicted molar refractivity (Wildman–Crippen MR) is 384 cm³/mol. The second-order valence-corrected chi connectivity index (χ2v) is 28.5. The zero-order valence-electron chi connectivity index (χ0n) is 52.4. The zero-order chi connectivity index (χ0) is 61.9. The van der Waals surface area contributed by atoms with Crippen molar-refractivity contribution in [1.82, 2.24) is 0 Å². The maximum absolute atomic E-state index is 7.16. The summed E-state index contributed by atoms with van der Waals surface area (Å²) in [5.41, 5.74) is 38.7. The highest BCUT2D eigenvalue weighted by Gasteiger charge is 2.28. The molecule has 0 saturated heterocycles. The molecule has 9 rings (SSSR count). The maximum Gasteiger partial charge on any atom is 0.640 e. The minimum absolute atomic E-state index is 0.214. The first-order valence-corrected chi connectivity index (χ1v) is 33.7. The number of rotatable bonds is 15. The van der Waals surface area contributed by atoms with E-state index in [1.54, 1.807) is 0 Å². The van der Waals surface area contributed by atoms with Gasteiger partial charge >= 0.3 is 7.32 Å². The number of hydrogen-bond acceptors (Lipinski definition) is 3. The average molecular weight is 1510 g/mol. The molecule has 0 aromatic heterocycles. The van der Waals surface area contributed by atoms with E-state index < -0.39 is 7.32 Å². The molecule has 0 aliphatic rings. The summed E-state index contributed by atoms with van der Waals surface area (Å²) >= 11 is 23.8. The summed E-state index contributed by atoms with van der Waals surface area (Å²) in [7, 11) is -1.09. The van der Waals surface area contributed by atoms with E-state index in [0.29, 0.717) is 0 Å². The molecule has 0 spiro atoms. The Bertz CT molecular complexity index is 3770. The van der Waals surface area contributed by atoms with Gasteiger partial charge in [0.15, 0.2) is 0 Å². The Balaban J connectivity index is 1.20. The Labute approximate surface area is 557 Å². The zero-order valence-corrected chi connectivity index (χ0v) is 61.9. The summed E-state index contributed by atoms with van der Waals surface area (Å²) in [6.07, 6.45) is 0. The molecule has 0 unspecified atom stereocenters. The van der Waals surface area contributed by atoms with Crippen molar-refractivity contribution in [3.05, 3.63) is 235 Å². The van der Waals surface area contributed by atoms with Crippen LogP contribution in [0.3, 0.4) is 0 Å². The van der Waals surface area contributed by atoms with Crippen molar-refractivity contribution in [2.45, 2.75) is 144 Å². The SMILES string of the molecule is Cc1cc(C)c(-c2ccc(COB(OCc3ccc(-c4c(C)cc(C)c(Br)c4C)cc3-c3c(C)cc(C)c(Br)c3C)OCc3ccc(-c4c(C)cc(C)c(Br)c4C)cc3-c3c(C)cc(C)c(Br)c3C)c(-c3c(C)cc(C)c(Br)c3C)c2)c(C)c1Br. The van der Waals surface area contributed by atoms with E-state index in [2.05, 4.69) is 311 Å². The van der Waals surface area contributed by atoms with Gasteiger partial charge in [-0.1, -0.05) is 168 Å². The molecule has 0 aliphatic carbocycles. The molecule has 0 saturated carbocycles. The first-order valence-electron chi connectivity index (χ1n) is 28.9. The fourth-order valence-corrected chi connectivity index (χ4v) is 15.3. The summed E-state index contributed by atoms with van der Waals surface area (Å²) in [6.45, 7) is 40.1. The largest absolute Gasteiger partial charge is 0.640 e. The van der Waals surface area contributed by atoms with Gasteiger partial charge in [0.25, 0.3) is 0 Å². The molecule has 0 radical (unpaired) electrons. The summed E-state index contributed by atoms with van der Waals surface area (Å²) in [5.74, 6) is 0. The Morgan fingerprint density at radius 3 is 0.647 bits per heavy atom. The minimum atomic E-state index is -1.09. The monoisotopic (exact) mass is 1510 g/mol. The van der Waals surface area contributed by atoms with Crippen LogP contribution >= 0.6 is 95.6 Å². The third-order valence-corrected chi connectivity index (χ3v) is 24.7. The highest BCUT2D eigenvalue weighted by molar-refractivity contribution is 9.11. The molecule has 85 heavy (non-hydrogen) atoms. The van der Waals surface area contributed by atoms with Crippen LogP contribution < -0.4 is 0 Å². The van der Waals surface area contributed by atoms with E-state index in [1.165, 1.54) is 134 Å². The number of hydrogen-bond donors (Lipinski definition) is 0. The lowest BCUT2D eigenvalue weighted by atomic mass is 9.86. The van der Waals surface area contributed by atoms with E-state index in [1.807, 2.05) is 0 Å². The lowest BCUT2D eigenvalue weighted by molar-refractivity contribution is 0.0770. The molecule has 0 aliphatic heterocycles. The molecular formula is C75H75BBr6O3. The lowest BCUT2D eigenvalue weighted by Gasteiger charge is -2.23. The Morgan fingerprint density at radius 1 is 0.247 bits per heavy atom.